The largest absolute Gasteiger partial charge is 0.309 e. The van der Waals surface area contributed by atoms with Gasteiger partial charge in [0.1, 0.15) is 5.82 Å². The van der Waals surface area contributed by atoms with Gasteiger partial charge in [-0.25, -0.2) is 19.9 Å². The van der Waals surface area contributed by atoms with Gasteiger partial charge >= 0.3 is 0 Å². The molecule has 0 spiro atoms. The summed E-state index contributed by atoms with van der Waals surface area (Å²) in [6.45, 7) is 0. The molecule has 12 rings (SSSR count). The summed E-state index contributed by atoms with van der Waals surface area (Å²) < 4.78 is 4.77. The first-order valence-corrected chi connectivity index (χ1v) is 20.2. The lowest BCUT2D eigenvalue weighted by Crippen LogP contribution is -2.00. The average molecular weight is 767 g/mol. The molecular formula is C54H34N6. The van der Waals surface area contributed by atoms with Crippen LogP contribution in [-0.4, -0.2) is 28.9 Å². The summed E-state index contributed by atoms with van der Waals surface area (Å²) in [7, 11) is 0. The Morgan fingerprint density at radius 3 is 1.43 bits per heavy atom. The number of imidazole rings is 1. The first-order chi connectivity index (χ1) is 29.8. The van der Waals surface area contributed by atoms with Crippen LogP contribution in [0.2, 0.25) is 0 Å². The van der Waals surface area contributed by atoms with Crippen molar-refractivity contribution in [3.8, 4) is 62.5 Å². The van der Waals surface area contributed by atoms with Crippen LogP contribution < -0.4 is 0 Å². The molecule has 0 unspecified atom stereocenters. The lowest BCUT2D eigenvalue weighted by atomic mass is 9.98. The second-order valence-electron chi connectivity index (χ2n) is 15.1. The molecule has 6 heteroatoms. The van der Waals surface area contributed by atoms with Crippen LogP contribution >= 0.6 is 0 Å². The maximum absolute atomic E-state index is 5.55. The summed E-state index contributed by atoms with van der Waals surface area (Å²) in [5.41, 5.74) is 11.3. The summed E-state index contributed by atoms with van der Waals surface area (Å²) in [5.74, 6) is 2.73. The lowest BCUT2D eigenvalue weighted by molar-refractivity contribution is 1.07. The molecule has 4 aromatic heterocycles. The molecule has 4 heterocycles. The number of hydrogen-bond acceptors (Lipinski definition) is 4. The zero-order valence-electron chi connectivity index (χ0n) is 32.3. The SMILES string of the molecule is c1ccc(-c2nc(-c3ccccc3)nc(-c3ccc4c5cc6c(cc5n5c(-c7ccccc7)nc(-c7ccccc7)c5c4c3)c3ccccc3n6-c3ccccc3)n2)cc1. The third-order valence-corrected chi connectivity index (χ3v) is 11.5. The van der Waals surface area contributed by atoms with Crippen molar-refractivity contribution in [2.75, 3.05) is 0 Å². The summed E-state index contributed by atoms with van der Waals surface area (Å²) in [4.78, 5) is 20.8. The minimum absolute atomic E-state index is 0.603. The quantitative estimate of drug-likeness (QED) is 0.158. The molecule has 60 heavy (non-hydrogen) atoms. The molecule has 0 N–H and O–H groups in total. The van der Waals surface area contributed by atoms with E-state index in [1.807, 2.05) is 60.7 Å². The monoisotopic (exact) mass is 766 g/mol. The highest BCUT2D eigenvalue weighted by Gasteiger charge is 2.24. The van der Waals surface area contributed by atoms with E-state index in [1.54, 1.807) is 0 Å². The number of fused-ring (bicyclic) bond motifs is 9. The maximum Gasteiger partial charge on any atom is 0.164 e. The number of nitrogens with zero attached hydrogens (tertiary/aromatic N) is 6. The minimum atomic E-state index is 0.603. The third kappa shape index (κ3) is 5.42. The van der Waals surface area contributed by atoms with Gasteiger partial charge in [0.05, 0.1) is 27.8 Å². The Hall–Kier alpha value is -8.22. The third-order valence-electron chi connectivity index (χ3n) is 11.5. The smallest absolute Gasteiger partial charge is 0.164 e. The molecule has 0 aliphatic rings. The van der Waals surface area contributed by atoms with E-state index in [4.69, 9.17) is 19.9 Å². The minimum Gasteiger partial charge on any atom is -0.309 e. The Labute approximate surface area is 345 Å². The molecule has 0 aliphatic heterocycles. The zero-order chi connectivity index (χ0) is 39.6. The van der Waals surface area contributed by atoms with Gasteiger partial charge in [-0.2, -0.15) is 0 Å². The molecule has 8 aromatic carbocycles. The number of rotatable bonds is 6. The van der Waals surface area contributed by atoms with Gasteiger partial charge in [0.2, 0.25) is 0 Å². The Balaban J connectivity index is 1.23. The van der Waals surface area contributed by atoms with Gasteiger partial charge in [0.25, 0.3) is 0 Å². The van der Waals surface area contributed by atoms with Crippen LogP contribution in [0.15, 0.2) is 206 Å². The second kappa shape index (κ2) is 13.7. The molecular weight excluding hydrogens is 733 g/mol. The van der Waals surface area contributed by atoms with E-state index >= 15 is 0 Å². The molecule has 0 fully saturated rings. The first-order valence-electron chi connectivity index (χ1n) is 20.2. The number of para-hydroxylation sites is 2. The van der Waals surface area contributed by atoms with Gasteiger partial charge in [-0.3, -0.25) is 4.40 Å². The molecule has 0 amide bonds. The molecule has 0 atom stereocenters. The van der Waals surface area contributed by atoms with Crippen molar-refractivity contribution in [2.45, 2.75) is 0 Å². The van der Waals surface area contributed by atoms with Gasteiger partial charge in [0.15, 0.2) is 17.5 Å². The number of pyridine rings is 1. The fourth-order valence-corrected chi connectivity index (χ4v) is 8.79. The predicted octanol–water partition coefficient (Wildman–Crippen LogP) is 13.3. The molecule has 280 valence electrons. The van der Waals surface area contributed by atoms with Gasteiger partial charge in [-0.15, -0.1) is 0 Å². The summed E-state index contributed by atoms with van der Waals surface area (Å²) in [5, 5.41) is 5.67. The standard InChI is InChI=1S/C54H34N6/c1-6-18-35(19-7-1)49-50-45-32-39(53-57-51(36-20-8-2-9-21-36)56-52(58-53)37-22-10-3-11-23-37)30-31-41(45)43-33-47-44(34-48(43)60(50)54(55-49)38-24-12-4-13-25-38)42-28-16-17-29-46(42)59(47)40-26-14-5-15-27-40/h1-34H. The Morgan fingerprint density at radius 2 is 0.800 bits per heavy atom. The normalized spacial score (nSPS) is 11.7. The van der Waals surface area contributed by atoms with Gasteiger partial charge < -0.3 is 4.57 Å². The molecule has 0 aliphatic carbocycles. The van der Waals surface area contributed by atoms with E-state index in [0.717, 1.165) is 83.2 Å². The van der Waals surface area contributed by atoms with E-state index in [1.165, 1.54) is 10.8 Å². The number of benzene rings is 8. The van der Waals surface area contributed by atoms with Crippen molar-refractivity contribution in [1.82, 2.24) is 28.9 Å². The average Bonchev–Trinajstić information content (AvgIpc) is 3.89. The predicted molar refractivity (Wildman–Crippen MR) is 245 cm³/mol. The van der Waals surface area contributed by atoms with Gasteiger partial charge in [0, 0.05) is 55.0 Å². The molecule has 0 radical (unpaired) electrons. The molecule has 6 nitrogen and oxygen atoms in total. The maximum atomic E-state index is 5.55. The fourth-order valence-electron chi connectivity index (χ4n) is 8.79. The zero-order valence-corrected chi connectivity index (χ0v) is 32.3. The number of aromatic nitrogens is 6. The summed E-state index contributed by atoms with van der Waals surface area (Å²) in [6.07, 6.45) is 0. The van der Waals surface area contributed by atoms with Crippen LogP contribution in [0.1, 0.15) is 0 Å². The highest BCUT2D eigenvalue weighted by Crippen LogP contribution is 2.43. The van der Waals surface area contributed by atoms with Crippen molar-refractivity contribution in [3.05, 3.63) is 206 Å². The Morgan fingerprint density at radius 1 is 0.300 bits per heavy atom. The highest BCUT2D eigenvalue weighted by atomic mass is 15.1. The van der Waals surface area contributed by atoms with Crippen molar-refractivity contribution < 1.29 is 0 Å². The van der Waals surface area contributed by atoms with E-state index in [2.05, 4.69) is 155 Å². The Kier molecular flexibility index (Phi) is 7.74. The molecule has 0 saturated carbocycles. The lowest BCUT2D eigenvalue weighted by Gasteiger charge is -2.15. The summed E-state index contributed by atoms with van der Waals surface area (Å²) >= 11 is 0. The van der Waals surface area contributed by atoms with Crippen LogP contribution in [0.4, 0.5) is 0 Å². The van der Waals surface area contributed by atoms with Crippen LogP contribution in [0, 0.1) is 0 Å². The Bertz CT molecular complexity index is 3500. The van der Waals surface area contributed by atoms with Crippen LogP contribution in [0.3, 0.4) is 0 Å². The van der Waals surface area contributed by atoms with Crippen LogP contribution in [-0.2, 0) is 0 Å². The molecule has 0 bridgehead atoms. The van der Waals surface area contributed by atoms with Crippen molar-refractivity contribution >= 4 is 49.0 Å². The molecule has 0 saturated heterocycles. The molecule has 12 aromatic rings. The summed E-state index contributed by atoms with van der Waals surface area (Å²) in [6, 6.07) is 72.1. The van der Waals surface area contributed by atoms with Crippen molar-refractivity contribution in [2.24, 2.45) is 0 Å². The van der Waals surface area contributed by atoms with E-state index in [-0.39, 0.29) is 0 Å². The number of hydrogen-bond donors (Lipinski definition) is 0. The van der Waals surface area contributed by atoms with Crippen LogP contribution in [0.25, 0.3) is 111 Å². The van der Waals surface area contributed by atoms with Crippen molar-refractivity contribution in [3.63, 3.8) is 0 Å². The van der Waals surface area contributed by atoms with Crippen LogP contribution in [0.5, 0.6) is 0 Å². The first kappa shape index (κ1) is 33.9. The topological polar surface area (TPSA) is 60.9 Å². The van der Waals surface area contributed by atoms with Gasteiger partial charge in [-0.05, 0) is 41.8 Å². The highest BCUT2D eigenvalue weighted by molar-refractivity contribution is 6.22. The van der Waals surface area contributed by atoms with E-state index < -0.39 is 0 Å². The fraction of sp³-hybridized carbons (Fsp3) is 0. The van der Waals surface area contributed by atoms with Gasteiger partial charge in [-0.1, -0.05) is 170 Å². The second-order valence-corrected chi connectivity index (χ2v) is 15.1. The van der Waals surface area contributed by atoms with Crippen molar-refractivity contribution in [1.29, 1.82) is 0 Å². The van der Waals surface area contributed by atoms with E-state index in [9.17, 15) is 0 Å². The van der Waals surface area contributed by atoms with E-state index in [0.29, 0.717) is 17.5 Å².